The molecule has 0 aromatic carbocycles. The number of ether oxygens (including phenoxy) is 3. The molecule has 0 aromatic rings. The Morgan fingerprint density at radius 3 is 2.56 bits per heavy atom. The number of amides is 2. The highest BCUT2D eigenvalue weighted by Gasteiger charge is 2.31. The van der Waals surface area contributed by atoms with Gasteiger partial charge in [-0.05, 0) is 6.92 Å². The number of piperazine rings is 1. The lowest BCUT2D eigenvalue weighted by molar-refractivity contribution is -0.152. The molecule has 1 atom stereocenters. The average molecular weight is 389 g/mol. The highest BCUT2D eigenvalue weighted by Crippen LogP contribution is 2.12. The summed E-state index contributed by atoms with van der Waals surface area (Å²) in [5, 5.41) is 11.5. The number of esters is 1. The van der Waals surface area contributed by atoms with Crippen molar-refractivity contribution in [3.63, 3.8) is 0 Å². The van der Waals surface area contributed by atoms with Gasteiger partial charge in [0, 0.05) is 39.7 Å². The third kappa shape index (κ3) is 8.69. The lowest BCUT2D eigenvalue weighted by Gasteiger charge is -2.40. The van der Waals surface area contributed by atoms with E-state index in [1.54, 1.807) is 16.7 Å². The maximum atomic E-state index is 12.3. The molecule has 0 saturated carbocycles. The predicted molar refractivity (Wildman–Crippen MR) is 92.1 cm³/mol. The molecule has 1 rings (SSSR count). The average Bonchev–Trinajstić information content (AvgIpc) is 2.60. The van der Waals surface area contributed by atoms with Crippen LogP contribution in [0.4, 0.5) is 4.79 Å². The van der Waals surface area contributed by atoms with E-state index in [1.807, 2.05) is 0 Å². The fraction of sp³-hybridized carbons (Fsp3) is 0.750. The number of rotatable bonds is 10. The Hall–Kier alpha value is -2.40. The Morgan fingerprint density at radius 1 is 1.19 bits per heavy atom. The second-order valence-corrected chi connectivity index (χ2v) is 5.87. The van der Waals surface area contributed by atoms with Crippen molar-refractivity contribution < 1.29 is 38.5 Å². The minimum atomic E-state index is -0.998. The van der Waals surface area contributed by atoms with Gasteiger partial charge in [0.25, 0.3) is 0 Å². The van der Waals surface area contributed by atoms with Crippen molar-refractivity contribution >= 4 is 23.9 Å². The molecule has 1 unspecified atom stereocenters. The van der Waals surface area contributed by atoms with E-state index in [0.717, 1.165) is 0 Å². The van der Waals surface area contributed by atoms with Crippen LogP contribution in [0.15, 0.2) is 0 Å². The van der Waals surface area contributed by atoms with Gasteiger partial charge >= 0.3 is 18.0 Å². The fourth-order valence-electron chi connectivity index (χ4n) is 2.62. The summed E-state index contributed by atoms with van der Waals surface area (Å²) in [5.74, 6) is -1.74. The minimum Gasteiger partial charge on any atom is -0.480 e. The number of nitrogens with zero attached hydrogens (tertiary/aromatic N) is 2. The second kappa shape index (κ2) is 12.1. The third-order valence-corrected chi connectivity index (χ3v) is 3.88. The van der Waals surface area contributed by atoms with E-state index in [9.17, 15) is 19.2 Å². The quantitative estimate of drug-likeness (QED) is 0.447. The van der Waals surface area contributed by atoms with Crippen molar-refractivity contribution in [3.05, 3.63) is 0 Å². The SMILES string of the molecule is CCOC(=O)NCCC(=O)N1CCN(CC(=O)O)C(COC(=O)COC)C1. The molecular weight excluding hydrogens is 362 g/mol. The standard InChI is InChI=1S/C16H27N3O8/c1-3-26-16(24)17-5-4-13(20)19-7-6-18(9-14(21)22)12(8-19)10-27-15(23)11-25-2/h12H,3-11H2,1-2H3,(H,17,24)(H,21,22). The van der Waals surface area contributed by atoms with Crippen LogP contribution in [-0.2, 0) is 28.6 Å². The van der Waals surface area contributed by atoms with E-state index in [4.69, 9.17) is 14.6 Å². The first-order chi connectivity index (χ1) is 12.9. The number of methoxy groups -OCH3 is 1. The zero-order valence-electron chi connectivity index (χ0n) is 15.6. The molecule has 27 heavy (non-hydrogen) atoms. The van der Waals surface area contributed by atoms with Crippen LogP contribution in [0.2, 0.25) is 0 Å². The van der Waals surface area contributed by atoms with Crippen LogP contribution < -0.4 is 5.32 Å². The second-order valence-electron chi connectivity index (χ2n) is 5.87. The van der Waals surface area contributed by atoms with Crippen LogP contribution in [0, 0.1) is 0 Å². The first-order valence-corrected chi connectivity index (χ1v) is 8.66. The van der Waals surface area contributed by atoms with E-state index < -0.39 is 24.1 Å². The number of carbonyl (C=O) groups is 4. The van der Waals surface area contributed by atoms with Gasteiger partial charge in [0.05, 0.1) is 19.2 Å². The van der Waals surface area contributed by atoms with E-state index in [1.165, 1.54) is 7.11 Å². The van der Waals surface area contributed by atoms with Gasteiger partial charge in [0.15, 0.2) is 0 Å². The summed E-state index contributed by atoms with van der Waals surface area (Å²) in [6.45, 7) is 2.54. The highest BCUT2D eigenvalue weighted by molar-refractivity contribution is 5.77. The molecule has 1 aliphatic heterocycles. The monoisotopic (exact) mass is 389 g/mol. The summed E-state index contributed by atoms with van der Waals surface area (Å²) in [6.07, 6.45) is -0.493. The van der Waals surface area contributed by atoms with Gasteiger partial charge in [-0.15, -0.1) is 0 Å². The van der Waals surface area contributed by atoms with Crippen molar-refractivity contribution in [1.82, 2.24) is 15.1 Å². The summed E-state index contributed by atoms with van der Waals surface area (Å²) in [6, 6.07) is -0.433. The van der Waals surface area contributed by atoms with Gasteiger partial charge in [-0.25, -0.2) is 9.59 Å². The van der Waals surface area contributed by atoms with Crippen LogP contribution in [-0.4, -0.2) is 105 Å². The summed E-state index contributed by atoms with van der Waals surface area (Å²) in [5.41, 5.74) is 0. The highest BCUT2D eigenvalue weighted by atomic mass is 16.6. The normalized spacial score (nSPS) is 17.3. The van der Waals surface area contributed by atoms with Crippen LogP contribution >= 0.6 is 0 Å². The maximum Gasteiger partial charge on any atom is 0.407 e. The molecule has 0 aromatic heterocycles. The molecule has 1 heterocycles. The van der Waals surface area contributed by atoms with Gasteiger partial charge in [-0.2, -0.15) is 0 Å². The largest absolute Gasteiger partial charge is 0.480 e. The third-order valence-electron chi connectivity index (χ3n) is 3.88. The van der Waals surface area contributed by atoms with Gasteiger partial charge in [0.1, 0.15) is 13.2 Å². The fourth-order valence-corrected chi connectivity index (χ4v) is 2.62. The number of alkyl carbamates (subject to hydrolysis) is 1. The smallest absolute Gasteiger partial charge is 0.407 e. The van der Waals surface area contributed by atoms with Crippen molar-refractivity contribution in [2.24, 2.45) is 0 Å². The molecule has 0 spiro atoms. The van der Waals surface area contributed by atoms with Crippen LogP contribution in [0.25, 0.3) is 0 Å². The first kappa shape index (κ1) is 22.6. The molecule has 1 aliphatic rings. The van der Waals surface area contributed by atoms with Gasteiger partial charge < -0.3 is 29.5 Å². The summed E-state index contributed by atoms with van der Waals surface area (Å²) >= 11 is 0. The Bertz CT molecular complexity index is 528. The van der Waals surface area contributed by atoms with Crippen LogP contribution in [0.1, 0.15) is 13.3 Å². The Labute approximate surface area is 157 Å². The molecule has 1 fully saturated rings. The lowest BCUT2D eigenvalue weighted by Crippen LogP contribution is -2.57. The molecule has 2 amide bonds. The Kier molecular flexibility index (Phi) is 10.1. The van der Waals surface area contributed by atoms with Crippen molar-refractivity contribution in [2.45, 2.75) is 19.4 Å². The molecule has 154 valence electrons. The number of carboxylic acid groups (broad SMARTS) is 1. The van der Waals surface area contributed by atoms with Gasteiger partial charge in [-0.1, -0.05) is 0 Å². The van der Waals surface area contributed by atoms with Gasteiger partial charge in [0.2, 0.25) is 5.91 Å². The van der Waals surface area contributed by atoms with Crippen LogP contribution in [0.3, 0.4) is 0 Å². The number of aliphatic carboxylic acids is 1. The number of hydrogen-bond donors (Lipinski definition) is 2. The molecule has 2 N–H and O–H groups in total. The summed E-state index contributed by atoms with van der Waals surface area (Å²) in [4.78, 5) is 49.3. The molecule has 0 bridgehead atoms. The maximum absolute atomic E-state index is 12.3. The van der Waals surface area contributed by atoms with Gasteiger partial charge in [-0.3, -0.25) is 14.5 Å². The van der Waals surface area contributed by atoms with Crippen molar-refractivity contribution in [3.8, 4) is 0 Å². The van der Waals surface area contributed by atoms with E-state index >= 15 is 0 Å². The Balaban J connectivity index is 2.55. The van der Waals surface area contributed by atoms with E-state index in [-0.39, 0.29) is 51.8 Å². The molecule has 0 aliphatic carbocycles. The predicted octanol–water partition coefficient (Wildman–Crippen LogP) is -1.09. The molecule has 11 nitrogen and oxygen atoms in total. The molecule has 11 heteroatoms. The van der Waals surface area contributed by atoms with Crippen molar-refractivity contribution in [2.75, 3.05) is 59.7 Å². The zero-order chi connectivity index (χ0) is 20.2. The van der Waals surface area contributed by atoms with Crippen LogP contribution in [0.5, 0.6) is 0 Å². The minimum absolute atomic E-state index is 0.0413. The van der Waals surface area contributed by atoms with E-state index in [0.29, 0.717) is 13.1 Å². The number of hydrogen-bond acceptors (Lipinski definition) is 8. The summed E-state index contributed by atoms with van der Waals surface area (Å²) < 4.78 is 14.5. The molecule has 1 saturated heterocycles. The molecular formula is C16H27N3O8. The number of carbonyl (C=O) groups excluding carboxylic acids is 3. The summed E-state index contributed by atoms with van der Waals surface area (Å²) in [7, 11) is 1.36. The first-order valence-electron chi connectivity index (χ1n) is 8.66. The van der Waals surface area contributed by atoms with Crippen molar-refractivity contribution in [1.29, 1.82) is 0 Å². The lowest BCUT2D eigenvalue weighted by atomic mass is 10.1. The zero-order valence-corrected chi connectivity index (χ0v) is 15.6. The number of nitrogens with one attached hydrogen (secondary N) is 1. The Morgan fingerprint density at radius 2 is 1.93 bits per heavy atom. The number of carboxylic acids is 1. The van der Waals surface area contributed by atoms with E-state index in [2.05, 4.69) is 10.1 Å². The molecule has 0 radical (unpaired) electrons. The topological polar surface area (TPSA) is 135 Å².